The van der Waals surface area contributed by atoms with E-state index in [0.717, 1.165) is 64.6 Å². The Morgan fingerprint density at radius 2 is 1.96 bits per heavy atom. The lowest BCUT2D eigenvalue weighted by Gasteiger charge is -2.39. The number of urea groups is 1. The molecule has 1 unspecified atom stereocenters. The van der Waals surface area contributed by atoms with Crippen molar-refractivity contribution in [2.45, 2.75) is 32.2 Å². The Kier molecular flexibility index (Phi) is 6.86. The van der Waals surface area contributed by atoms with Crippen LogP contribution in [0.25, 0.3) is 0 Å². The van der Waals surface area contributed by atoms with E-state index in [0.29, 0.717) is 0 Å². The lowest BCUT2D eigenvalue weighted by molar-refractivity contribution is -0.125. The second-order valence-corrected chi connectivity index (χ2v) is 8.79. The quantitative estimate of drug-likeness (QED) is 0.352. The molecule has 0 aromatic rings. The molecule has 0 radical (unpaired) electrons. The number of nitrogens with one attached hydrogen (secondary N) is 3. The summed E-state index contributed by atoms with van der Waals surface area (Å²) >= 11 is 2.03. The van der Waals surface area contributed by atoms with E-state index >= 15 is 0 Å². The van der Waals surface area contributed by atoms with Crippen molar-refractivity contribution in [2.24, 2.45) is 10.9 Å². The molecule has 3 rings (SSSR count). The van der Waals surface area contributed by atoms with E-state index in [4.69, 9.17) is 4.99 Å². The van der Waals surface area contributed by atoms with Crippen molar-refractivity contribution < 1.29 is 9.59 Å². The van der Waals surface area contributed by atoms with E-state index in [-0.39, 0.29) is 17.9 Å². The van der Waals surface area contributed by atoms with Crippen molar-refractivity contribution >= 4 is 29.7 Å². The van der Waals surface area contributed by atoms with Crippen LogP contribution < -0.4 is 16.0 Å². The average molecular weight is 397 g/mol. The Morgan fingerprint density at radius 1 is 1.26 bits per heavy atom. The second-order valence-electron chi connectivity index (χ2n) is 7.56. The van der Waals surface area contributed by atoms with Gasteiger partial charge in [0.15, 0.2) is 5.96 Å². The van der Waals surface area contributed by atoms with Crippen LogP contribution in [0.5, 0.6) is 0 Å². The monoisotopic (exact) mass is 396 g/mol. The van der Waals surface area contributed by atoms with Gasteiger partial charge in [-0.05, 0) is 32.6 Å². The zero-order chi connectivity index (χ0) is 19.3. The van der Waals surface area contributed by atoms with Crippen LogP contribution in [-0.4, -0.2) is 90.6 Å². The number of piperidine rings is 1. The van der Waals surface area contributed by atoms with Crippen molar-refractivity contribution in [1.29, 1.82) is 0 Å². The first kappa shape index (κ1) is 20.3. The molecule has 3 fully saturated rings. The highest BCUT2D eigenvalue weighted by atomic mass is 32.2. The molecule has 9 heteroatoms. The van der Waals surface area contributed by atoms with E-state index in [1.54, 1.807) is 0 Å². The molecule has 3 saturated heterocycles. The normalized spacial score (nSPS) is 28.2. The lowest BCUT2D eigenvalue weighted by atomic mass is 9.79. The van der Waals surface area contributed by atoms with Crippen LogP contribution in [-0.2, 0) is 4.79 Å². The summed E-state index contributed by atoms with van der Waals surface area (Å²) < 4.78 is 0. The maximum absolute atomic E-state index is 12.2. The number of carbonyl (C=O) groups is 2. The number of aliphatic imine (C=N–C) groups is 1. The molecule has 0 saturated carbocycles. The van der Waals surface area contributed by atoms with Crippen LogP contribution in [0.3, 0.4) is 0 Å². The molecule has 27 heavy (non-hydrogen) atoms. The summed E-state index contributed by atoms with van der Waals surface area (Å²) in [6, 6.07) is -0.379. The number of amides is 3. The van der Waals surface area contributed by atoms with Crippen molar-refractivity contribution in [3.05, 3.63) is 0 Å². The molecule has 3 heterocycles. The van der Waals surface area contributed by atoms with E-state index in [1.165, 1.54) is 11.5 Å². The van der Waals surface area contributed by atoms with Crippen molar-refractivity contribution in [2.75, 3.05) is 57.3 Å². The Balaban J connectivity index is 1.52. The Bertz CT molecular complexity index is 572. The minimum Gasteiger partial charge on any atom is -0.357 e. The molecule has 0 spiro atoms. The maximum Gasteiger partial charge on any atom is 0.322 e. The van der Waals surface area contributed by atoms with Gasteiger partial charge in [0.05, 0.1) is 6.54 Å². The predicted molar refractivity (Wildman–Crippen MR) is 109 cm³/mol. The number of imide groups is 1. The summed E-state index contributed by atoms with van der Waals surface area (Å²) in [4.78, 5) is 33.3. The number of guanidine groups is 1. The summed E-state index contributed by atoms with van der Waals surface area (Å²) in [6.45, 7) is 10.6. The van der Waals surface area contributed by atoms with Gasteiger partial charge in [0.1, 0.15) is 5.54 Å². The highest BCUT2D eigenvalue weighted by molar-refractivity contribution is 7.99. The van der Waals surface area contributed by atoms with E-state index in [9.17, 15) is 9.59 Å². The summed E-state index contributed by atoms with van der Waals surface area (Å²) in [7, 11) is 0. The molecule has 8 nitrogen and oxygen atoms in total. The van der Waals surface area contributed by atoms with E-state index in [1.807, 2.05) is 18.7 Å². The summed E-state index contributed by atoms with van der Waals surface area (Å²) in [5.74, 6) is 3.35. The van der Waals surface area contributed by atoms with E-state index in [2.05, 4.69) is 32.7 Å². The maximum atomic E-state index is 12.2. The number of hydrogen-bond donors (Lipinski definition) is 3. The van der Waals surface area contributed by atoms with Crippen LogP contribution in [0, 0.1) is 5.92 Å². The molecule has 0 aromatic heterocycles. The van der Waals surface area contributed by atoms with Gasteiger partial charge in [-0.2, -0.15) is 11.8 Å². The number of rotatable bonds is 5. The molecular formula is C18H32N6O2S. The first-order valence-electron chi connectivity index (χ1n) is 10.00. The van der Waals surface area contributed by atoms with Gasteiger partial charge in [0, 0.05) is 50.8 Å². The van der Waals surface area contributed by atoms with Crippen LogP contribution in [0.15, 0.2) is 4.99 Å². The minimum absolute atomic E-state index is 0.147. The fraction of sp³-hybridized carbons (Fsp3) is 0.833. The fourth-order valence-corrected chi connectivity index (χ4v) is 5.04. The first-order chi connectivity index (χ1) is 13.0. The molecule has 3 amide bonds. The fourth-order valence-electron chi connectivity index (χ4n) is 4.06. The van der Waals surface area contributed by atoms with Crippen molar-refractivity contribution in [3.8, 4) is 0 Å². The summed E-state index contributed by atoms with van der Waals surface area (Å²) in [5.41, 5.74) is -0.787. The minimum atomic E-state index is -0.787. The lowest BCUT2D eigenvalue weighted by Crippen LogP contribution is -2.55. The molecule has 0 aromatic carbocycles. The van der Waals surface area contributed by atoms with Crippen LogP contribution in [0.1, 0.15) is 26.7 Å². The standard InChI is InChI=1S/C18H32N6O2S/c1-3-19-16(20-6-9-23-10-12-27-13-11-23)24-7-4-14(5-8-24)18(2)15(25)21-17(26)22-18/h14H,3-13H2,1-2H3,(H,19,20)(H2,21,22,25,26). The third-order valence-corrected chi connectivity index (χ3v) is 6.74. The Labute approximate surface area is 165 Å². The SMILES string of the molecule is CCNC(=NCCN1CCSCC1)N1CCC(C2(C)NC(=O)NC2=O)CC1. The van der Waals surface area contributed by atoms with Crippen LogP contribution >= 0.6 is 11.8 Å². The Morgan fingerprint density at radius 3 is 2.56 bits per heavy atom. The van der Waals surface area contributed by atoms with Crippen molar-refractivity contribution in [3.63, 3.8) is 0 Å². The number of hydrogen-bond acceptors (Lipinski definition) is 5. The van der Waals surface area contributed by atoms with E-state index < -0.39 is 5.54 Å². The van der Waals surface area contributed by atoms with Gasteiger partial charge in [-0.1, -0.05) is 0 Å². The smallest absolute Gasteiger partial charge is 0.322 e. The summed E-state index contributed by atoms with van der Waals surface area (Å²) in [6.07, 6.45) is 1.72. The molecule has 3 aliphatic heterocycles. The number of thioether (sulfide) groups is 1. The average Bonchev–Trinajstić information content (AvgIpc) is 2.95. The molecule has 0 bridgehead atoms. The molecule has 1 atom stereocenters. The number of carbonyl (C=O) groups excluding carboxylic acids is 2. The van der Waals surface area contributed by atoms with Gasteiger partial charge in [0.25, 0.3) is 5.91 Å². The van der Waals surface area contributed by atoms with Crippen LogP contribution in [0.2, 0.25) is 0 Å². The van der Waals surface area contributed by atoms with Gasteiger partial charge < -0.3 is 15.5 Å². The zero-order valence-corrected chi connectivity index (χ0v) is 17.2. The van der Waals surface area contributed by atoms with Crippen LogP contribution in [0.4, 0.5) is 4.79 Å². The number of nitrogens with zero attached hydrogens (tertiary/aromatic N) is 3. The van der Waals surface area contributed by atoms with Gasteiger partial charge in [-0.15, -0.1) is 0 Å². The second kappa shape index (κ2) is 9.14. The highest BCUT2D eigenvalue weighted by Gasteiger charge is 2.48. The largest absolute Gasteiger partial charge is 0.357 e. The molecule has 152 valence electrons. The van der Waals surface area contributed by atoms with Gasteiger partial charge in [0.2, 0.25) is 0 Å². The third kappa shape index (κ3) is 4.87. The zero-order valence-electron chi connectivity index (χ0n) is 16.4. The van der Waals surface area contributed by atoms with Gasteiger partial charge in [-0.3, -0.25) is 20.0 Å². The van der Waals surface area contributed by atoms with Gasteiger partial charge in [-0.25, -0.2) is 4.79 Å². The Hall–Kier alpha value is -1.48. The molecule has 3 N–H and O–H groups in total. The number of likely N-dealkylation sites (tertiary alicyclic amines) is 1. The molecular weight excluding hydrogens is 364 g/mol. The first-order valence-corrected chi connectivity index (χ1v) is 11.2. The topological polar surface area (TPSA) is 89.1 Å². The van der Waals surface area contributed by atoms with Gasteiger partial charge >= 0.3 is 6.03 Å². The van der Waals surface area contributed by atoms with Crippen molar-refractivity contribution in [1.82, 2.24) is 25.8 Å². The molecule has 3 aliphatic rings. The highest BCUT2D eigenvalue weighted by Crippen LogP contribution is 2.30. The summed E-state index contributed by atoms with van der Waals surface area (Å²) in [5, 5.41) is 8.60. The molecule has 0 aliphatic carbocycles. The third-order valence-electron chi connectivity index (χ3n) is 5.80. The predicted octanol–water partition coefficient (Wildman–Crippen LogP) is 0.311.